The zero-order valence-corrected chi connectivity index (χ0v) is 21.1. The molecule has 3 aromatic carbocycles. The Kier molecular flexibility index (Phi) is 5.82. The Bertz CT molecular complexity index is 1630. The van der Waals surface area contributed by atoms with Crippen molar-refractivity contribution >= 4 is 17.2 Å². The lowest BCUT2D eigenvalue weighted by Crippen LogP contribution is -2.36. The van der Waals surface area contributed by atoms with E-state index in [-0.39, 0.29) is 5.82 Å². The molecule has 5 nitrogen and oxygen atoms in total. The van der Waals surface area contributed by atoms with Gasteiger partial charge in [0.1, 0.15) is 5.82 Å². The molecule has 0 amide bonds. The van der Waals surface area contributed by atoms with Crippen molar-refractivity contribution in [1.82, 2.24) is 19.3 Å². The summed E-state index contributed by atoms with van der Waals surface area (Å²) in [5.41, 5.74) is 8.76. The number of piperidine rings is 1. The summed E-state index contributed by atoms with van der Waals surface area (Å²) in [6.07, 6.45) is 8.82. The Labute approximate surface area is 221 Å². The SMILES string of the molecule is Fc1ccc2c(c1)CC(C1CCN(Cc3ccc(-c4nc5nccn5cc4-c4ccccc4)cc3)CC1)=N2. The minimum Gasteiger partial charge on any atom is -0.299 e. The highest BCUT2D eigenvalue weighted by atomic mass is 19.1. The summed E-state index contributed by atoms with van der Waals surface area (Å²) in [7, 11) is 0. The van der Waals surface area contributed by atoms with Crippen molar-refractivity contribution in [2.45, 2.75) is 25.8 Å². The molecule has 2 aromatic heterocycles. The van der Waals surface area contributed by atoms with Crippen LogP contribution in [0.25, 0.3) is 28.2 Å². The van der Waals surface area contributed by atoms with Crippen LogP contribution >= 0.6 is 0 Å². The van der Waals surface area contributed by atoms with Crippen molar-refractivity contribution in [3.63, 3.8) is 0 Å². The van der Waals surface area contributed by atoms with Crippen LogP contribution in [0.2, 0.25) is 0 Å². The summed E-state index contributed by atoms with van der Waals surface area (Å²) in [4.78, 5) is 16.7. The summed E-state index contributed by atoms with van der Waals surface area (Å²) in [6, 6.07) is 24.1. The predicted molar refractivity (Wildman–Crippen MR) is 149 cm³/mol. The van der Waals surface area contributed by atoms with Gasteiger partial charge in [-0.05, 0) is 60.8 Å². The lowest BCUT2D eigenvalue weighted by atomic mass is 9.89. The molecule has 0 atom stereocenters. The zero-order chi connectivity index (χ0) is 25.5. The topological polar surface area (TPSA) is 45.8 Å². The molecule has 0 saturated carbocycles. The monoisotopic (exact) mass is 501 g/mol. The van der Waals surface area contributed by atoms with Crippen molar-refractivity contribution in [1.29, 1.82) is 0 Å². The molecule has 0 N–H and O–H groups in total. The van der Waals surface area contributed by atoms with Gasteiger partial charge in [-0.1, -0.05) is 54.6 Å². The number of hydrogen-bond donors (Lipinski definition) is 0. The highest BCUT2D eigenvalue weighted by Gasteiger charge is 2.27. The van der Waals surface area contributed by atoms with Crippen molar-refractivity contribution in [2.75, 3.05) is 13.1 Å². The first-order chi connectivity index (χ1) is 18.7. The van der Waals surface area contributed by atoms with Gasteiger partial charge in [0.05, 0.1) is 11.4 Å². The van der Waals surface area contributed by atoms with E-state index in [1.807, 2.05) is 22.7 Å². The lowest BCUT2D eigenvalue weighted by Gasteiger charge is -2.32. The van der Waals surface area contributed by atoms with Crippen LogP contribution < -0.4 is 0 Å². The second-order valence-corrected chi connectivity index (χ2v) is 10.3. The van der Waals surface area contributed by atoms with Crippen LogP contribution in [-0.2, 0) is 13.0 Å². The second-order valence-electron chi connectivity index (χ2n) is 10.3. The number of benzene rings is 3. The number of rotatable bonds is 5. The maximum absolute atomic E-state index is 13.6. The molecule has 0 unspecified atom stereocenters. The largest absolute Gasteiger partial charge is 0.299 e. The molecule has 5 aromatic rings. The Morgan fingerprint density at radius 2 is 1.71 bits per heavy atom. The molecule has 4 heterocycles. The number of imidazole rings is 1. The van der Waals surface area contributed by atoms with E-state index in [1.54, 1.807) is 12.3 Å². The molecule has 188 valence electrons. The fourth-order valence-electron chi connectivity index (χ4n) is 5.78. The molecular formula is C32H28FN5. The third kappa shape index (κ3) is 4.41. The number of nitrogens with zero attached hydrogens (tertiary/aromatic N) is 5. The molecule has 0 spiro atoms. The molecule has 6 heteroatoms. The average Bonchev–Trinajstić information content (AvgIpc) is 3.60. The molecule has 7 rings (SSSR count). The smallest absolute Gasteiger partial charge is 0.234 e. The quantitative estimate of drug-likeness (QED) is 0.268. The fourth-order valence-corrected chi connectivity index (χ4v) is 5.78. The van der Waals surface area contributed by atoms with Gasteiger partial charge in [0.15, 0.2) is 0 Å². The van der Waals surface area contributed by atoms with Gasteiger partial charge in [0, 0.05) is 54.3 Å². The summed E-state index contributed by atoms with van der Waals surface area (Å²) in [5, 5.41) is 0. The van der Waals surface area contributed by atoms with Crippen LogP contribution in [0.1, 0.15) is 24.0 Å². The van der Waals surface area contributed by atoms with Gasteiger partial charge in [-0.25, -0.2) is 14.4 Å². The number of likely N-dealkylation sites (tertiary alicyclic amines) is 1. The van der Waals surface area contributed by atoms with E-state index in [9.17, 15) is 4.39 Å². The van der Waals surface area contributed by atoms with Crippen molar-refractivity contribution in [3.8, 4) is 22.4 Å². The standard InChI is InChI=1S/C32H28FN5/c33-27-10-11-29-26(18-27)19-30(35-29)24-12-15-37(16-13-24)20-22-6-8-25(9-7-22)31-28(23-4-2-1-3-5-23)21-38-17-14-34-32(38)36-31/h1-11,14,17-18,21,24H,12-13,15-16,19-20H2. The van der Waals surface area contributed by atoms with E-state index < -0.39 is 0 Å². The minimum atomic E-state index is -0.171. The van der Waals surface area contributed by atoms with E-state index in [2.05, 4.69) is 64.6 Å². The van der Waals surface area contributed by atoms with Crippen molar-refractivity contribution < 1.29 is 4.39 Å². The van der Waals surface area contributed by atoms with E-state index in [4.69, 9.17) is 9.98 Å². The van der Waals surface area contributed by atoms with Crippen LogP contribution in [-0.4, -0.2) is 38.1 Å². The highest BCUT2D eigenvalue weighted by molar-refractivity contribution is 5.95. The Morgan fingerprint density at radius 3 is 2.53 bits per heavy atom. The summed E-state index contributed by atoms with van der Waals surface area (Å²) in [5.74, 6) is 1.02. The van der Waals surface area contributed by atoms with E-state index in [0.29, 0.717) is 11.7 Å². The maximum atomic E-state index is 13.6. The third-order valence-corrected chi connectivity index (χ3v) is 7.84. The highest BCUT2D eigenvalue weighted by Crippen LogP contribution is 2.34. The Hall–Kier alpha value is -4.16. The molecule has 38 heavy (non-hydrogen) atoms. The van der Waals surface area contributed by atoms with Gasteiger partial charge in [-0.15, -0.1) is 0 Å². The minimum absolute atomic E-state index is 0.171. The van der Waals surface area contributed by atoms with E-state index >= 15 is 0 Å². The van der Waals surface area contributed by atoms with Crippen LogP contribution in [0.15, 0.2) is 96.4 Å². The first kappa shape index (κ1) is 23.0. The van der Waals surface area contributed by atoms with Gasteiger partial charge in [-0.3, -0.25) is 14.3 Å². The normalized spacial score (nSPS) is 16.1. The van der Waals surface area contributed by atoms with Gasteiger partial charge in [-0.2, -0.15) is 0 Å². The number of hydrogen-bond acceptors (Lipinski definition) is 4. The van der Waals surface area contributed by atoms with E-state index in [1.165, 1.54) is 17.3 Å². The molecule has 1 saturated heterocycles. The molecule has 2 aliphatic heterocycles. The number of halogens is 1. The Morgan fingerprint density at radius 1 is 0.895 bits per heavy atom. The lowest BCUT2D eigenvalue weighted by molar-refractivity contribution is 0.201. The van der Waals surface area contributed by atoms with Gasteiger partial charge in [0.2, 0.25) is 5.78 Å². The molecule has 0 radical (unpaired) electrons. The van der Waals surface area contributed by atoms with E-state index in [0.717, 1.165) is 72.5 Å². The zero-order valence-electron chi connectivity index (χ0n) is 21.1. The van der Waals surface area contributed by atoms with Gasteiger partial charge < -0.3 is 0 Å². The molecule has 0 aliphatic carbocycles. The number of aromatic nitrogens is 3. The van der Waals surface area contributed by atoms with Crippen LogP contribution in [0.5, 0.6) is 0 Å². The van der Waals surface area contributed by atoms with Gasteiger partial charge >= 0.3 is 0 Å². The van der Waals surface area contributed by atoms with Crippen LogP contribution in [0.4, 0.5) is 10.1 Å². The molecule has 2 aliphatic rings. The molecule has 0 bridgehead atoms. The van der Waals surface area contributed by atoms with Gasteiger partial charge in [0.25, 0.3) is 0 Å². The van der Waals surface area contributed by atoms with Crippen LogP contribution in [0, 0.1) is 11.7 Å². The second kappa shape index (κ2) is 9.62. The van der Waals surface area contributed by atoms with Crippen molar-refractivity contribution in [3.05, 3.63) is 108 Å². The fraction of sp³-hybridized carbons (Fsp3) is 0.219. The molecular weight excluding hydrogens is 473 g/mol. The Balaban J connectivity index is 1.04. The third-order valence-electron chi connectivity index (χ3n) is 7.84. The van der Waals surface area contributed by atoms with Crippen molar-refractivity contribution in [2.24, 2.45) is 10.9 Å². The summed E-state index contributed by atoms with van der Waals surface area (Å²) < 4.78 is 15.6. The first-order valence-corrected chi connectivity index (χ1v) is 13.3. The predicted octanol–water partition coefficient (Wildman–Crippen LogP) is 6.74. The van der Waals surface area contributed by atoms with Crippen LogP contribution in [0.3, 0.4) is 0 Å². The number of fused-ring (bicyclic) bond motifs is 2. The molecule has 1 fully saturated rings. The first-order valence-electron chi connectivity index (χ1n) is 13.3. The number of aliphatic imine (C=N–C) groups is 1. The average molecular weight is 502 g/mol. The maximum Gasteiger partial charge on any atom is 0.234 e. The summed E-state index contributed by atoms with van der Waals surface area (Å²) >= 11 is 0. The summed E-state index contributed by atoms with van der Waals surface area (Å²) in [6.45, 7) is 3.03.